The highest BCUT2D eigenvalue weighted by Gasteiger charge is 2.36. The summed E-state index contributed by atoms with van der Waals surface area (Å²) in [5.41, 5.74) is 2.59. The molecule has 1 fully saturated rings. The number of hydrogen-bond donors (Lipinski definition) is 1. The van der Waals surface area contributed by atoms with Crippen LogP contribution >= 0.6 is 27.7 Å². The Bertz CT molecular complexity index is 1410. The van der Waals surface area contributed by atoms with E-state index < -0.39 is 23.6 Å². The molecule has 4 rings (SSSR count). The van der Waals surface area contributed by atoms with Gasteiger partial charge in [0.05, 0.1) is 16.0 Å². The van der Waals surface area contributed by atoms with E-state index in [9.17, 15) is 18.8 Å². The van der Waals surface area contributed by atoms with Crippen molar-refractivity contribution in [1.82, 2.24) is 4.90 Å². The van der Waals surface area contributed by atoms with E-state index in [1.165, 1.54) is 6.07 Å². The Balaban J connectivity index is 1.49. The molecule has 3 aromatic rings. The van der Waals surface area contributed by atoms with Gasteiger partial charge in [-0.15, -0.1) is 0 Å². The zero-order valence-corrected chi connectivity index (χ0v) is 23.0. The smallest absolute Gasteiger partial charge is 0.294 e. The molecule has 1 aliphatic rings. The first kappa shape index (κ1) is 27.4. The molecule has 0 unspecified atom stereocenters. The Labute approximate surface area is 232 Å². The minimum absolute atomic E-state index is 0.00572. The molecule has 0 aliphatic carbocycles. The van der Waals surface area contributed by atoms with Crippen LogP contribution in [0.4, 0.5) is 14.9 Å². The molecule has 0 bridgehead atoms. The predicted octanol–water partition coefficient (Wildman–Crippen LogP) is 6.55. The molecule has 3 aromatic carbocycles. The number of thioether (sulfide) groups is 1. The number of nitrogens with one attached hydrogen (secondary N) is 1. The van der Waals surface area contributed by atoms with Crippen molar-refractivity contribution in [3.8, 4) is 11.5 Å². The average molecular weight is 599 g/mol. The van der Waals surface area contributed by atoms with E-state index in [0.717, 1.165) is 22.2 Å². The summed E-state index contributed by atoms with van der Waals surface area (Å²) in [4.78, 5) is 39.0. The molecule has 0 atom stereocenters. The van der Waals surface area contributed by atoms with Crippen molar-refractivity contribution in [1.29, 1.82) is 0 Å². The van der Waals surface area contributed by atoms with E-state index in [0.29, 0.717) is 39.4 Å². The SMILES string of the molecule is CCOc1cc(/C=C2\SC(=O)N(CC(=O)Nc3ccc(C)cc3)C2=O)cc(Br)c1OCc1ccccc1F. The number of halogens is 2. The zero-order chi connectivity index (χ0) is 27.2. The maximum atomic E-state index is 14.0. The largest absolute Gasteiger partial charge is 0.490 e. The summed E-state index contributed by atoms with van der Waals surface area (Å²) in [6.07, 6.45) is 1.55. The summed E-state index contributed by atoms with van der Waals surface area (Å²) in [6.45, 7) is 3.69. The number of hydrogen-bond acceptors (Lipinski definition) is 6. The first-order valence-electron chi connectivity index (χ1n) is 11.7. The van der Waals surface area contributed by atoms with E-state index in [1.54, 1.807) is 48.5 Å². The van der Waals surface area contributed by atoms with Crippen LogP contribution in [-0.2, 0) is 16.2 Å². The number of anilines is 1. The normalized spacial score (nSPS) is 14.2. The third-order valence-electron chi connectivity index (χ3n) is 5.47. The first-order valence-corrected chi connectivity index (χ1v) is 13.3. The lowest BCUT2D eigenvalue weighted by Crippen LogP contribution is -2.36. The first-order chi connectivity index (χ1) is 18.2. The van der Waals surface area contributed by atoms with Gasteiger partial charge in [-0.3, -0.25) is 19.3 Å². The van der Waals surface area contributed by atoms with E-state index in [2.05, 4.69) is 21.2 Å². The second-order valence-corrected chi connectivity index (χ2v) is 10.2. The topological polar surface area (TPSA) is 84.9 Å². The van der Waals surface area contributed by atoms with E-state index in [-0.39, 0.29) is 17.3 Å². The standard InChI is InChI=1S/C28H24BrFN2O5S/c1-3-36-23-13-18(12-21(29)26(23)37-16-19-6-4-5-7-22(19)30)14-24-27(34)32(28(35)38-24)15-25(33)31-20-10-8-17(2)9-11-20/h4-14H,3,15-16H2,1-2H3,(H,31,33)/b24-14-. The van der Waals surface area contributed by atoms with Gasteiger partial charge in [0, 0.05) is 11.3 Å². The highest BCUT2D eigenvalue weighted by molar-refractivity contribution is 9.10. The molecule has 0 saturated carbocycles. The van der Waals surface area contributed by atoms with Gasteiger partial charge in [0.1, 0.15) is 19.0 Å². The fraction of sp³-hybridized carbons (Fsp3) is 0.179. The molecule has 0 radical (unpaired) electrons. The van der Waals surface area contributed by atoms with Crippen molar-refractivity contribution in [2.24, 2.45) is 0 Å². The lowest BCUT2D eigenvalue weighted by Gasteiger charge is -2.15. The van der Waals surface area contributed by atoms with Crippen LogP contribution in [0, 0.1) is 12.7 Å². The Morgan fingerprint density at radius 2 is 1.84 bits per heavy atom. The average Bonchev–Trinajstić information content (AvgIpc) is 3.13. The van der Waals surface area contributed by atoms with Crippen molar-refractivity contribution < 1.29 is 28.2 Å². The summed E-state index contributed by atoms with van der Waals surface area (Å²) in [5, 5.41) is 2.16. The van der Waals surface area contributed by atoms with Crippen LogP contribution in [0.3, 0.4) is 0 Å². The second kappa shape index (κ2) is 12.3. The van der Waals surface area contributed by atoms with Crippen LogP contribution in [0.15, 0.2) is 70.0 Å². The predicted molar refractivity (Wildman–Crippen MR) is 149 cm³/mol. The monoisotopic (exact) mass is 598 g/mol. The number of benzene rings is 3. The second-order valence-electron chi connectivity index (χ2n) is 8.33. The van der Waals surface area contributed by atoms with Gasteiger partial charge in [-0.25, -0.2) is 4.39 Å². The zero-order valence-electron chi connectivity index (χ0n) is 20.6. The van der Waals surface area contributed by atoms with Gasteiger partial charge in [0.2, 0.25) is 5.91 Å². The van der Waals surface area contributed by atoms with Crippen molar-refractivity contribution in [2.75, 3.05) is 18.5 Å². The summed E-state index contributed by atoms with van der Waals surface area (Å²) in [5.74, 6) is -0.640. The maximum Gasteiger partial charge on any atom is 0.294 e. The number of ether oxygens (including phenoxy) is 2. The van der Waals surface area contributed by atoms with Crippen LogP contribution in [0.1, 0.15) is 23.6 Å². The molecule has 38 heavy (non-hydrogen) atoms. The molecular formula is C28H24BrFN2O5S. The summed E-state index contributed by atoms with van der Waals surface area (Å²) < 4.78 is 26.1. The fourth-order valence-electron chi connectivity index (χ4n) is 3.61. The number of carbonyl (C=O) groups excluding carboxylic acids is 3. The van der Waals surface area contributed by atoms with E-state index in [1.807, 2.05) is 26.0 Å². The molecule has 196 valence electrons. The summed E-state index contributed by atoms with van der Waals surface area (Å²) in [6, 6.07) is 16.9. The lowest BCUT2D eigenvalue weighted by atomic mass is 10.1. The van der Waals surface area contributed by atoms with Crippen molar-refractivity contribution in [3.63, 3.8) is 0 Å². The van der Waals surface area contributed by atoms with Gasteiger partial charge >= 0.3 is 0 Å². The Hall–Kier alpha value is -3.63. The molecule has 1 heterocycles. The van der Waals surface area contributed by atoms with Crippen LogP contribution in [0.2, 0.25) is 0 Å². The molecule has 10 heteroatoms. The molecule has 0 aromatic heterocycles. The summed E-state index contributed by atoms with van der Waals surface area (Å²) >= 11 is 4.22. The van der Waals surface area contributed by atoms with Crippen molar-refractivity contribution in [2.45, 2.75) is 20.5 Å². The molecule has 0 spiro atoms. The van der Waals surface area contributed by atoms with E-state index in [4.69, 9.17) is 9.47 Å². The Morgan fingerprint density at radius 3 is 2.55 bits per heavy atom. The molecule has 7 nitrogen and oxygen atoms in total. The van der Waals surface area contributed by atoms with Gasteiger partial charge < -0.3 is 14.8 Å². The molecule has 3 amide bonds. The van der Waals surface area contributed by atoms with Gasteiger partial charge in [-0.2, -0.15) is 0 Å². The highest BCUT2D eigenvalue weighted by Crippen LogP contribution is 2.39. The van der Waals surface area contributed by atoms with Crippen molar-refractivity contribution in [3.05, 3.63) is 92.5 Å². The van der Waals surface area contributed by atoms with Gasteiger partial charge in [-0.1, -0.05) is 35.9 Å². The van der Waals surface area contributed by atoms with Crippen LogP contribution < -0.4 is 14.8 Å². The molecule has 1 saturated heterocycles. The third kappa shape index (κ3) is 6.62. The summed E-state index contributed by atoms with van der Waals surface area (Å²) in [7, 11) is 0. The minimum atomic E-state index is -0.562. The van der Waals surface area contributed by atoms with Gasteiger partial charge in [-0.05, 0) is 83.5 Å². The van der Waals surface area contributed by atoms with Crippen LogP contribution in [0.25, 0.3) is 6.08 Å². The maximum absolute atomic E-state index is 14.0. The number of amides is 3. The molecule has 1 aliphatic heterocycles. The molecule has 1 N–H and O–H groups in total. The van der Waals surface area contributed by atoms with Gasteiger partial charge in [0.15, 0.2) is 11.5 Å². The van der Waals surface area contributed by atoms with Crippen molar-refractivity contribution >= 4 is 56.5 Å². The van der Waals surface area contributed by atoms with Crippen LogP contribution in [-0.4, -0.2) is 35.1 Å². The number of nitrogens with zero attached hydrogens (tertiary/aromatic N) is 1. The highest BCUT2D eigenvalue weighted by atomic mass is 79.9. The Kier molecular flexibility index (Phi) is 8.85. The molecular weight excluding hydrogens is 575 g/mol. The number of carbonyl (C=O) groups is 3. The minimum Gasteiger partial charge on any atom is -0.490 e. The number of rotatable bonds is 9. The number of aryl methyl sites for hydroxylation is 1. The van der Waals surface area contributed by atoms with E-state index >= 15 is 0 Å². The van der Waals surface area contributed by atoms with Gasteiger partial charge in [0.25, 0.3) is 11.1 Å². The lowest BCUT2D eigenvalue weighted by molar-refractivity contribution is -0.127. The number of imide groups is 1. The Morgan fingerprint density at radius 1 is 1.11 bits per heavy atom. The quantitative estimate of drug-likeness (QED) is 0.281. The third-order valence-corrected chi connectivity index (χ3v) is 6.97. The van der Waals surface area contributed by atoms with Crippen LogP contribution in [0.5, 0.6) is 11.5 Å². The fourth-order valence-corrected chi connectivity index (χ4v) is 5.02.